The smallest absolute Gasteiger partial charge is 0.129 e. The van der Waals surface area contributed by atoms with Crippen molar-refractivity contribution in [1.29, 1.82) is 0 Å². The molecular weight excluding hydrogens is 208 g/mol. The number of nitrogens with one attached hydrogen (secondary N) is 1. The SMILES string of the molecule is CC(CNC(C)(C)C)c1ccc(F)cc1F. The monoisotopic (exact) mass is 227 g/mol. The molecule has 0 aliphatic heterocycles. The molecule has 0 aliphatic carbocycles. The van der Waals surface area contributed by atoms with Gasteiger partial charge in [0.2, 0.25) is 0 Å². The molecule has 1 aromatic rings. The van der Waals surface area contributed by atoms with Crippen molar-refractivity contribution in [3.8, 4) is 0 Å². The fourth-order valence-electron chi connectivity index (χ4n) is 1.47. The third-order valence-electron chi connectivity index (χ3n) is 2.43. The molecule has 0 aromatic heterocycles. The van der Waals surface area contributed by atoms with Gasteiger partial charge in [0.15, 0.2) is 0 Å². The summed E-state index contributed by atoms with van der Waals surface area (Å²) in [5, 5.41) is 3.30. The molecule has 0 saturated carbocycles. The average molecular weight is 227 g/mol. The summed E-state index contributed by atoms with van der Waals surface area (Å²) in [6, 6.07) is 3.74. The van der Waals surface area contributed by atoms with E-state index >= 15 is 0 Å². The Kier molecular flexibility index (Phi) is 4.03. The molecule has 0 amide bonds. The predicted octanol–water partition coefficient (Wildman–Crippen LogP) is 3.46. The van der Waals surface area contributed by atoms with E-state index < -0.39 is 11.6 Å². The summed E-state index contributed by atoms with van der Waals surface area (Å²) in [5.41, 5.74) is 0.559. The molecular formula is C13H19F2N. The van der Waals surface area contributed by atoms with Crippen LogP contribution >= 0.6 is 0 Å². The highest BCUT2D eigenvalue weighted by molar-refractivity contribution is 5.22. The maximum absolute atomic E-state index is 13.5. The van der Waals surface area contributed by atoms with E-state index in [4.69, 9.17) is 0 Å². The van der Waals surface area contributed by atoms with Crippen molar-refractivity contribution in [3.05, 3.63) is 35.4 Å². The summed E-state index contributed by atoms with van der Waals surface area (Å²) >= 11 is 0. The summed E-state index contributed by atoms with van der Waals surface area (Å²) in [6.45, 7) is 8.77. The van der Waals surface area contributed by atoms with E-state index in [2.05, 4.69) is 26.1 Å². The first-order valence-electron chi connectivity index (χ1n) is 5.49. The maximum atomic E-state index is 13.5. The predicted molar refractivity (Wildman–Crippen MR) is 62.5 cm³/mol. The van der Waals surface area contributed by atoms with Crippen LogP contribution in [-0.4, -0.2) is 12.1 Å². The lowest BCUT2D eigenvalue weighted by molar-refractivity contribution is 0.408. The van der Waals surface area contributed by atoms with Crippen LogP contribution in [0.1, 0.15) is 39.2 Å². The van der Waals surface area contributed by atoms with Crippen LogP contribution < -0.4 is 5.32 Å². The Hall–Kier alpha value is -0.960. The molecule has 90 valence electrons. The van der Waals surface area contributed by atoms with Gasteiger partial charge in [-0.15, -0.1) is 0 Å². The van der Waals surface area contributed by atoms with E-state index in [-0.39, 0.29) is 11.5 Å². The van der Waals surface area contributed by atoms with Crippen molar-refractivity contribution in [2.45, 2.75) is 39.2 Å². The van der Waals surface area contributed by atoms with Crippen LogP contribution in [0, 0.1) is 11.6 Å². The van der Waals surface area contributed by atoms with Gasteiger partial charge >= 0.3 is 0 Å². The molecule has 1 aromatic carbocycles. The van der Waals surface area contributed by atoms with Gasteiger partial charge < -0.3 is 5.32 Å². The Morgan fingerprint density at radius 2 is 1.88 bits per heavy atom. The largest absolute Gasteiger partial charge is 0.311 e. The van der Waals surface area contributed by atoms with Gasteiger partial charge in [0.25, 0.3) is 0 Å². The van der Waals surface area contributed by atoms with Crippen molar-refractivity contribution < 1.29 is 8.78 Å². The second-order valence-electron chi connectivity index (χ2n) is 5.20. The van der Waals surface area contributed by atoms with Crippen LogP contribution in [0.15, 0.2) is 18.2 Å². The highest BCUT2D eigenvalue weighted by atomic mass is 19.1. The van der Waals surface area contributed by atoms with Gasteiger partial charge in [-0.05, 0) is 38.3 Å². The minimum absolute atomic E-state index is 0.00473. The first-order valence-corrected chi connectivity index (χ1v) is 5.49. The Bertz CT molecular complexity index is 355. The summed E-state index contributed by atoms with van der Waals surface area (Å²) in [7, 11) is 0. The van der Waals surface area contributed by atoms with Crippen molar-refractivity contribution in [1.82, 2.24) is 5.32 Å². The zero-order chi connectivity index (χ0) is 12.3. The molecule has 16 heavy (non-hydrogen) atoms. The molecule has 1 nitrogen and oxygen atoms in total. The van der Waals surface area contributed by atoms with Crippen molar-refractivity contribution in [3.63, 3.8) is 0 Å². The summed E-state index contributed by atoms with van der Waals surface area (Å²) in [5.74, 6) is -0.972. The lowest BCUT2D eigenvalue weighted by Gasteiger charge is -2.23. The van der Waals surface area contributed by atoms with Gasteiger partial charge in [-0.1, -0.05) is 13.0 Å². The molecule has 1 N–H and O–H groups in total. The van der Waals surface area contributed by atoms with E-state index in [9.17, 15) is 8.78 Å². The van der Waals surface area contributed by atoms with Crippen LogP contribution in [0.4, 0.5) is 8.78 Å². The molecule has 1 unspecified atom stereocenters. The number of hydrogen-bond acceptors (Lipinski definition) is 1. The van der Waals surface area contributed by atoms with Crippen LogP contribution in [0.3, 0.4) is 0 Å². The second kappa shape index (κ2) is 4.91. The summed E-state index contributed by atoms with van der Waals surface area (Å²) in [4.78, 5) is 0. The van der Waals surface area contributed by atoms with E-state index in [1.807, 2.05) is 6.92 Å². The van der Waals surface area contributed by atoms with E-state index in [0.717, 1.165) is 6.07 Å². The van der Waals surface area contributed by atoms with Crippen molar-refractivity contribution in [2.75, 3.05) is 6.54 Å². The number of halogens is 2. The molecule has 0 heterocycles. The fourth-order valence-corrected chi connectivity index (χ4v) is 1.47. The standard InChI is InChI=1S/C13H19F2N/c1-9(8-16-13(2,3)4)11-6-5-10(14)7-12(11)15/h5-7,9,16H,8H2,1-4H3. The van der Waals surface area contributed by atoms with Crippen molar-refractivity contribution in [2.24, 2.45) is 0 Å². The third-order valence-corrected chi connectivity index (χ3v) is 2.43. The van der Waals surface area contributed by atoms with Crippen LogP contribution in [0.25, 0.3) is 0 Å². The second-order valence-corrected chi connectivity index (χ2v) is 5.20. The summed E-state index contributed by atoms with van der Waals surface area (Å²) < 4.78 is 26.2. The molecule has 1 rings (SSSR count). The van der Waals surface area contributed by atoms with Gasteiger partial charge in [-0.25, -0.2) is 8.78 Å². The first kappa shape index (κ1) is 13.1. The first-order chi connectivity index (χ1) is 7.29. The number of hydrogen-bond donors (Lipinski definition) is 1. The lowest BCUT2D eigenvalue weighted by Crippen LogP contribution is -2.38. The van der Waals surface area contributed by atoms with Crippen molar-refractivity contribution >= 4 is 0 Å². The molecule has 1 atom stereocenters. The van der Waals surface area contributed by atoms with Gasteiger partial charge in [0.1, 0.15) is 11.6 Å². The molecule has 0 spiro atoms. The van der Waals surface area contributed by atoms with Crippen LogP contribution in [0.5, 0.6) is 0 Å². The lowest BCUT2D eigenvalue weighted by atomic mass is 9.99. The number of benzene rings is 1. The van der Waals surface area contributed by atoms with E-state index in [0.29, 0.717) is 12.1 Å². The number of rotatable bonds is 3. The van der Waals surface area contributed by atoms with Crippen LogP contribution in [0.2, 0.25) is 0 Å². The Morgan fingerprint density at radius 3 is 2.38 bits per heavy atom. The van der Waals surface area contributed by atoms with Crippen LogP contribution in [-0.2, 0) is 0 Å². The summed E-state index contributed by atoms with van der Waals surface area (Å²) in [6.07, 6.45) is 0. The topological polar surface area (TPSA) is 12.0 Å². The zero-order valence-corrected chi connectivity index (χ0v) is 10.3. The quantitative estimate of drug-likeness (QED) is 0.834. The average Bonchev–Trinajstić information content (AvgIpc) is 2.13. The molecule has 0 radical (unpaired) electrons. The maximum Gasteiger partial charge on any atom is 0.129 e. The Labute approximate surface area is 95.9 Å². The molecule has 0 fully saturated rings. The third kappa shape index (κ3) is 3.89. The Balaban J connectivity index is 2.70. The highest BCUT2D eigenvalue weighted by Crippen LogP contribution is 2.19. The van der Waals surface area contributed by atoms with Gasteiger partial charge in [0.05, 0.1) is 0 Å². The minimum Gasteiger partial charge on any atom is -0.311 e. The van der Waals surface area contributed by atoms with Gasteiger partial charge in [-0.3, -0.25) is 0 Å². The Morgan fingerprint density at radius 1 is 1.25 bits per heavy atom. The zero-order valence-electron chi connectivity index (χ0n) is 10.3. The fraction of sp³-hybridized carbons (Fsp3) is 0.538. The highest BCUT2D eigenvalue weighted by Gasteiger charge is 2.15. The molecule has 0 bridgehead atoms. The van der Waals surface area contributed by atoms with Gasteiger partial charge in [0, 0.05) is 18.2 Å². The van der Waals surface area contributed by atoms with E-state index in [1.54, 1.807) is 0 Å². The normalized spacial score (nSPS) is 13.9. The minimum atomic E-state index is -0.530. The molecule has 0 aliphatic rings. The van der Waals surface area contributed by atoms with E-state index in [1.165, 1.54) is 12.1 Å². The molecule has 3 heteroatoms. The van der Waals surface area contributed by atoms with Gasteiger partial charge in [-0.2, -0.15) is 0 Å². The molecule has 0 saturated heterocycles.